The van der Waals surface area contributed by atoms with Gasteiger partial charge in [0.2, 0.25) is 0 Å². The highest BCUT2D eigenvalue weighted by atomic mass is 14.8. The molecule has 0 radical (unpaired) electrons. The molecule has 4 aromatic carbocycles. The topological polar surface area (TPSA) is 38.0 Å². The predicted molar refractivity (Wildman–Crippen MR) is 134 cm³/mol. The molecular weight excluding hydrogens is 376 g/mol. The Morgan fingerprint density at radius 3 is 1.26 bits per heavy atom. The van der Waals surface area contributed by atoms with E-state index in [4.69, 9.17) is 0 Å². The lowest BCUT2D eigenvalue weighted by Crippen LogP contribution is -2.15. The molecule has 0 saturated carbocycles. The summed E-state index contributed by atoms with van der Waals surface area (Å²) >= 11 is 0. The van der Waals surface area contributed by atoms with Gasteiger partial charge >= 0.3 is 0 Å². The first kappa shape index (κ1) is 22.3. The van der Waals surface area contributed by atoms with Gasteiger partial charge in [-0.1, -0.05) is 103 Å². The second-order valence-electron chi connectivity index (χ2n) is 7.56. The Bertz CT molecular complexity index is 984. The van der Waals surface area contributed by atoms with E-state index in [-0.39, 0.29) is 11.8 Å². The summed E-state index contributed by atoms with van der Waals surface area (Å²) in [5.41, 5.74) is 12.3. The van der Waals surface area contributed by atoms with Crippen LogP contribution in [0.4, 0.5) is 5.69 Å². The van der Waals surface area contributed by atoms with E-state index in [0.29, 0.717) is 0 Å². The molecule has 0 heterocycles. The third-order valence-corrected chi connectivity index (χ3v) is 5.65. The van der Waals surface area contributed by atoms with E-state index in [1.165, 1.54) is 34.9 Å². The normalized spacial score (nSPS) is 11.4. The van der Waals surface area contributed by atoms with E-state index in [2.05, 4.69) is 127 Å². The number of rotatable bonds is 6. The number of nitrogens with one attached hydrogen (secondary N) is 1. The third-order valence-electron chi connectivity index (χ3n) is 5.65. The lowest BCUT2D eigenvalue weighted by Gasteiger charge is -2.29. The Kier molecular flexibility index (Phi) is 8.03. The molecule has 0 aliphatic carbocycles. The Hall–Kier alpha value is -3.36. The van der Waals surface area contributed by atoms with Crippen molar-refractivity contribution in [1.29, 1.82) is 0 Å². The summed E-state index contributed by atoms with van der Waals surface area (Å²) in [5.74, 6) is 0.465. The molecule has 0 amide bonds. The van der Waals surface area contributed by atoms with Crippen LogP contribution in [-0.2, 0) is 0 Å². The summed E-state index contributed by atoms with van der Waals surface area (Å²) in [6.45, 7) is 2.15. The summed E-state index contributed by atoms with van der Waals surface area (Å²) in [4.78, 5) is 0. The second kappa shape index (κ2) is 11.1. The smallest absolute Gasteiger partial charge is 0.0337 e. The standard InChI is InChI=1S/C28H27N.CH5N/c1-21-13-15-24(16-14-21)28(25-17-19-26(29-2)20-18-25)27(22-9-5-3-6-10-22)23-11-7-4-8-12-23;1-2/h3-20,27-29H,1-2H3;2H2,1H3. The van der Waals surface area contributed by atoms with Crippen LogP contribution in [0.1, 0.15) is 39.7 Å². The first-order valence-corrected chi connectivity index (χ1v) is 10.8. The largest absolute Gasteiger partial charge is 0.388 e. The van der Waals surface area contributed by atoms with Gasteiger partial charge < -0.3 is 11.1 Å². The van der Waals surface area contributed by atoms with Crippen molar-refractivity contribution < 1.29 is 0 Å². The lowest BCUT2D eigenvalue weighted by atomic mass is 9.73. The van der Waals surface area contributed by atoms with Crippen LogP contribution in [0.2, 0.25) is 0 Å². The van der Waals surface area contributed by atoms with Crippen LogP contribution in [0.25, 0.3) is 0 Å². The molecule has 0 saturated heterocycles. The molecule has 4 rings (SSSR count). The van der Waals surface area contributed by atoms with Gasteiger partial charge in [0.15, 0.2) is 0 Å². The van der Waals surface area contributed by atoms with Gasteiger partial charge in [-0.15, -0.1) is 0 Å². The zero-order chi connectivity index (χ0) is 22.1. The number of hydrogen-bond acceptors (Lipinski definition) is 2. The van der Waals surface area contributed by atoms with Gasteiger partial charge in [0, 0.05) is 24.6 Å². The van der Waals surface area contributed by atoms with Crippen molar-refractivity contribution in [1.82, 2.24) is 0 Å². The van der Waals surface area contributed by atoms with Gasteiger partial charge in [-0.2, -0.15) is 0 Å². The lowest BCUT2D eigenvalue weighted by molar-refractivity contribution is 0.694. The molecule has 1 atom stereocenters. The highest BCUT2D eigenvalue weighted by Gasteiger charge is 2.28. The van der Waals surface area contributed by atoms with Crippen molar-refractivity contribution in [2.75, 3.05) is 19.4 Å². The highest BCUT2D eigenvalue weighted by molar-refractivity contribution is 5.49. The van der Waals surface area contributed by atoms with Gasteiger partial charge in [-0.3, -0.25) is 0 Å². The van der Waals surface area contributed by atoms with E-state index < -0.39 is 0 Å². The third kappa shape index (κ3) is 5.42. The number of nitrogens with two attached hydrogens (primary N) is 1. The minimum atomic E-state index is 0.228. The number of aryl methyl sites for hydroxylation is 1. The molecule has 0 bridgehead atoms. The zero-order valence-electron chi connectivity index (χ0n) is 18.6. The van der Waals surface area contributed by atoms with Gasteiger partial charge in [0.05, 0.1) is 0 Å². The molecule has 0 spiro atoms. The quantitative estimate of drug-likeness (QED) is 0.378. The van der Waals surface area contributed by atoms with Crippen LogP contribution in [0.5, 0.6) is 0 Å². The van der Waals surface area contributed by atoms with E-state index in [0.717, 1.165) is 5.69 Å². The average molecular weight is 409 g/mol. The van der Waals surface area contributed by atoms with Gasteiger partial charge in [0.1, 0.15) is 0 Å². The fourth-order valence-electron chi connectivity index (χ4n) is 4.11. The summed E-state index contributed by atoms with van der Waals surface area (Å²) in [6, 6.07) is 39.6. The Morgan fingerprint density at radius 1 is 0.516 bits per heavy atom. The van der Waals surface area contributed by atoms with E-state index in [1.807, 2.05) is 7.05 Å². The fraction of sp³-hybridized carbons (Fsp3) is 0.172. The molecular formula is C29H32N2. The molecule has 0 aliphatic heterocycles. The molecule has 4 aromatic rings. The van der Waals surface area contributed by atoms with Crippen molar-refractivity contribution in [3.63, 3.8) is 0 Å². The van der Waals surface area contributed by atoms with Crippen LogP contribution in [-0.4, -0.2) is 14.1 Å². The van der Waals surface area contributed by atoms with Crippen LogP contribution >= 0.6 is 0 Å². The van der Waals surface area contributed by atoms with Crippen molar-refractivity contribution in [2.45, 2.75) is 18.8 Å². The predicted octanol–water partition coefficient (Wildman–Crippen LogP) is 6.58. The van der Waals surface area contributed by atoms with Gasteiger partial charge in [-0.25, -0.2) is 0 Å². The summed E-state index contributed by atoms with van der Waals surface area (Å²) < 4.78 is 0. The molecule has 0 fully saturated rings. The maximum absolute atomic E-state index is 4.50. The van der Waals surface area contributed by atoms with Crippen LogP contribution in [0.15, 0.2) is 109 Å². The number of hydrogen-bond donors (Lipinski definition) is 2. The van der Waals surface area contributed by atoms with Crippen LogP contribution in [0.3, 0.4) is 0 Å². The molecule has 2 nitrogen and oxygen atoms in total. The van der Waals surface area contributed by atoms with E-state index in [1.54, 1.807) is 0 Å². The zero-order valence-corrected chi connectivity index (χ0v) is 18.6. The summed E-state index contributed by atoms with van der Waals surface area (Å²) in [6.07, 6.45) is 0. The van der Waals surface area contributed by atoms with Gasteiger partial charge in [-0.05, 0) is 48.4 Å². The first-order valence-electron chi connectivity index (χ1n) is 10.8. The number of benzene rings is 4. The monoisotopic (exact) mass is 408 g/mol. The van der Waals surface area contributed by atoms with Crippen molar-refractivity contribution in [3.05, 3.63) is 137 Å². The van der Waals surface area contributed by atoms with Gasteiger partial charge in [0.25, 0.3) is 0 Å². The van der Waals surface area contributed by atoms with Crippen LogP contribution in [0, 0.1) is 6.92 Å². The maximum Gasteiger partial charge on any atom is 0.0337 e. The molecule has 158 valence electrons. The Labute approximate surface area is 186 Å². The van der Waals surface area contributed by atoms with Crippen molar-refractivity contribution >= 4 is 5.69 Å². The van der Waals surface area contributed by atoms with E-state index >= 15 is 0 Å². The Morgan fingerprint density at radius 2 is 0.871 bits per heavy atom. The minimum absolute atomic E-state index is 0.228. The van der Waals surface area contributed by atoms with Crippen molar-refractivity contribution in [2.24, 2.45) is 5.73 Å². The highest BCUT2D eigenvalue weighted by Crippen LogP contribution is 2.43. The first-order chi connectivity index (χ1) is 15.3. The maximum atomic E-state index is 4.50. The fourth-order valence-corrected chi connectivity index (χ4v) is 4.11. The molecule has 0 aliphatic rings. The molecule has 1 unspecified atom stereocenters. The van der Waals surface area contributed by atoms with E-state index in [9.17, 15) is 0 Å². The van der Waals surface area contributed by atoms with Crippen molar-refractivity contribution in [3.8, 4) is 0 Å². The molecule has 2 heteroatoms. The second-order valence-corrected chi connectivity index (χ2v) is 7.56. The SMILES string of the molecule is CN.CNc1ccc(C(c2ccc(C)cc2)C(c2ccccc2)c2ccccc2)cc1. The van der Waals surface area contributed by atoms with Crippen LogP contribution < -0.4 is 11.1 Å². The average Bonchev–Trinajstić information content (AvgIpc) is 2.86. The minimum Gasteiger partial charge on any atom is -0.388 e. The molecule has 31 heavy (non-hydrogen) atoms. The number of anilines is 1. The Balaban J connectivity index is 0.00000132. The molecule has 3 N–H and O–H groups in total. The summed E-state index contributed by atoms with van der Waals surface area (Å²) in [5, 5.41) is 3.23. The summed E-state index contributed by atoms with van der Waals surface area (Å²) in [7, 11) is 3.46. The molecule has 0 aromatic heterocycles.